The maximum absolute atomic E-state index is 11.0. The van der Waals surface area contributed by atoms with Crippen molar-refractivity contribution in [1.29, 1.82) is 0 Å². The van der Waals surface area contributed by atoms with Gasteiger partial charge in [0.2, 0.25) is 0 Å². The molecule has 2 aromatic rings. The molecule has 1 saturated heterocycles. The van der Waals surface area contributed by atoms with Gasteiger partial charge in [0.1, 0.15) is 6.26 Å². The van der Waals surface area contributed by atoms with Crippen LogP contribution in [-0.2, 0) is 6.54 Å². The number of aromatic nitrogens is 1. The average molecular weight is 329 g/mol. The van der Waals surface area contributed by atoms with Gasteiger partial charge in [-0.15, -0.1) is 0 Å². The summed E-state index contributed by atoms with van der Waals surface area (Å²) in [6.07, 6.45) is 3.41. The van der Waals surface area contributed by atoms with E-state index < -0.39 is 5.97 Å². The molecule has 2 heterocycles. The van der Waals surface area contributed by atoms with Crippen LogP contribution in [0.1, 0.15) is 35.8 Å². The van der Waals surface area contributed by atoms with E-state index in [1.165, 1.54) is 11.8 Å². The summed E-state index contributed by atoms with van der Waals surface area (Å²) in [5, 5.41) is 8.99. The minimum absolute atomic E-state index is 0.0382. The summed E-state index contributed by atoms with van der Waals surface area (Å²) in [7, 11) is 0. The molecular formula is C18H23N3O3. The predicted molar refractivity (Wildman–Crippen MR) is 91.2 cm³/mol. The van der Waals surface area contributed by atoms with Gasteiger partial charge in [-0.25, -0.2) is 4.79 Å². The van der Waals surface area contributed by atoms with Crippen LogP contribution in [0.4, 0.5) is 6.01 Å². The van der Waals surface area contributed by atoms with E-state index in [0.717, 1.165) is 39.0 Å². The van der Waals surface area contributed by atoms with Crippen LogP contribution in [0.5, 0.6) is 0 Å². The molecule has 6 heteroatoms. The molecule has 1 aromatic carbocycles. The molecule has 1 atom stereocenters. The average Bonchev–Trinajstić information content (AvgIpc) is 3.08. The first kappa shape index (κ1) is 16.5. The van der Waals surface area contributed by atoms with E-state index in [1.807, 2.05) is 11.0 Å². The lowest BCUT2D eigenvalue weighted by Gasteiger charge is -2.41. The largest absolute Gasteiger partial charge is 0.476 e. The molecule has 0 amide bonds. The summed E-state index contributed by atoms with van der Waals surface area (Å²) in [6.45, 7) is 5.62. The number of oxazole rings is 1. The Morgan fingerprint density at radius 2 is 2.12 bits per heavy atom. The van der Waals surface area contributed by atoms with Gasteiger partial charge >= 0.3 is 5.97 Å². The standard InChI is InChI=1S/C18H23N3O3/c1-2-6-15-12-21(18-19-16(13-24-18)17(22)23)10-9-20(15)11-14-7-4-3-5-8-14/h3-5,7-8,13,15H,2,6,9-12H2,1H3,(H,22,23). The number of hydrogen-bond acceptors (Lipinski definition) is 5. The fraction of sp³-hybridized carbons (Fsp3) is 0.444. The topological polar surface area (TPSA) is 69.8 Å². The molecule has 1 aliphatic rings. The summed E-state index contributed by atoms with van der Waals surface area (Å²) in [4.78, 5) is 19.6. The third kappa shape index (κ3) is 3.76. The van der Waals surface area contributed by atoms with Crippen LogP contribution in [0.25, 0.3) is 0 Å². The maximum atomic E-state index is 11.0. The molecule has 1 fully saturated rings. The van der Waals surface area contributed by atoms with Crippen molar-refractivity contribution >= 4 is 12.0 Å². The first-order valence-corrected chi connectivity index (χ1v) is 8.39. The van der Waals surface area contributed by atoms with Crippen molar-refractivity contribution in [2.24, 2.45) is 0 Å². The zero-order valence-corrected chi connectivity index (χ0v) is 13.9. The van der Waals surface area contributed by atoms with Gasteiger partial charge in [-0.2, -0.15) is 4.98 Å². The number of nitrogens with zero attached hydrogens (tertiary/aromatic N) is 3. The van der Waals surface area contributed by atoms with Gasteiger partial charge in [-0.3, -0.25) is 4.90 Å². The van der Waals surface area contributed by atoms with E-state index in [1.54, 1.807) is 0 Å². The zero-order chi connectivity index (χ0) is 16.9. The van der Waals surface area contributed by atoms with Crippen molar-refractivity contribution < 1.29 is 14.3 Å². The van der Waals surface area contributed by atoms with Crippen LogP contribution in [0.15, 0.2) is 41.0 Å². The van der Waals surface area contributed by atoms with Gasteiger partial charge in [0.25, 0.3) is 6.01 Å². The van der Waals surface area contributed by atoms with Crippen LogP contribution >= 0.6 is 0 Å². The van der Waals surface area contributed by atoms with E-state index in [9.17, 15) is 4.79 Å². The summed E-state index contributed by atoms with van der Waals surface area (Å²) in [5.41, 5.74) is 1.28. The highest BCUT2D eigenvalue weighted by atomic mass is 16.4. The second kappa shape index (κ2) is 7.49. The highest BCUT2D eigenvalue weighted by Crippen LogP contribution is 2.22. The summed E-state index contributed by atoms with van der Waals surface area (Å²) in [6, 6.07) is 11.3. The lowest BCUT2D eigenvalue weighted by Crippen LogP contribution is -2.52. The van der Waals surface area contributed by atoms with E-state index in [4.69, 9.17) is 9.52 Å². The second-order valence-corrected chi connectivity index (χ2v) is 6.17. The van der Waals surface area contributed by atoms with Gasteiger partial charge in [0.15, 0.2) is 5.69 Å². The van der Waals surface area contributed by atoms with E-state index in [0.29, 0.717) is 12.1 Å². The van der Waals surface area contributed by atoms with Crippen LogP contribution in [0, 0.1) is 0 Å². The molecular weight excluding hydrogens is 306 g/mol. The van der Waals surface area contributed by atoms with Gasteiger partial charge in [0.05, 0.1) is 0 Å². The van der Waals surface area contributed by atoms with Crippen LogP contribution < -0.4 is 4.90 Å². The summed E-state index contributed by atoms with van der Waals surface area (Å²) < 4.78 is 5.36. The third-order valence-corrected chi connectivity index (χ3v) is 4.44. The number of benzene rings is 1. The lowest BCUT2D eigenvalue weighted by atomic mass is 10.1. The molecule has 3 rings (SSSR count). The Morgan fingerprint density at radius 1 is 1.33 bits per heavy atom. The molecule has 1 unspecified atom stereocenters. The predicted octanol–water partition coefficient (Wildman–Crippen LogP) is 2.86. The second-order valence-electron chi connectivity index (χ2n) is 6.17. The quantitative estimate of drug-likeness (QED) is 0.879. The number of rotatable bonds is 6. The molecule has 1 aliphatic heterocycles. The molecule has 128 valence electrons. The van der Waals surface area contributed by atoms with Gasteiger partial charge in [-0.05, 0) is 12.0 Å². The zero-order valence-electron chi connectivity index (χ0n) is 13.9. The number of hydrogen-bond donors (Lipinski definition) is 1. The molecule has 1 N–H and O–H groups in total. The Bertz CT molecular complexity index is 671. The van der Waals surface area contributed by atoms with Crippen LogP contribution in [0.3, 0.4) is 0 Å². The highest BCUT2D eigenvalue weighted by Gasteiger charge is 2.29. The molecule has 0 spiro atoms. The van der Waals surface area contributed by atoms with Crippen LogP contribution in [0.2, 0.25) is 0 Å². The first-order chi connectivity index (χ1) is 11.7. The molecule has 6 nitrogen and oxygen atoms in total. The van der Waals surface area contributed by atoms with Crippen molar-refractivity contribution in [3.8, 4) is 0 Å². The number of aromatic carboxylic acids is 1. The monoisotopic (exact) mass is 329 g/mol. The van der Waals surface area contributed by atoms with Gasteiger partial charge in [-0.1, -0.05) is 43.7 Å². The molecule has 0 saturated carbocycles. The smallest absolute Gasteiger partial charge is 0.357 e. The minimum atomic E-state index is -1.06. The highest BCUT2D eigenvalue weighted by molar-refractivity contribution is 5.85. The summed E-state index contributed by atoms with van der Waals surface area (Å²) >= 11 is 0. The van der Waals surface area contributed by atoms with Gasteiger partial charge < -0.3 is 14.4 Å². The minimum Gasteiger partial charge on any atom is -0.476 e. The fourth-order valence-electron chi connectivity index (χ4n) is 3.21. The molecule has 0 radical (unpaired) electrons. The van der Waals surface area contributed by atoms with Crippen molar-refractivity contribution in [3.05, 3.63) is 47.9 Å². The van der Waals surface area contributed by atoms with E-state index in [-0.39, 0.29) is 5.69 Å². The SMILES string of the molecule is CCCC1CN(c2nc(C(=O)O)co2)CCN1Cc1ccccc1. The Hall–Kier alpha value is -2.34. The summed E-state index contributed by atoms with van der Waals surface area (Å²) in [5.74, 6) is -1.06. The Labute approximate surface area is 141 Å². The van der Waals surface area contributed by atoms with Crippen molar-refractivity contribution in [3.63, 3.8) is 0 Å². The van der Waals surface area contributed by atoms with Crippen LogP contribution in [-0.4, -0.2) is 46.6 Å². The first-order valence-electron chi connectivity index (χ1n) is 8.39. The van der Waals surface area contributed by atoms with Gasteiger partial charge in [0, 0.05) is 32.2 Å². The normalized spacial score (nSPS) is 18.7. The Balaban J connectivity index is 1.69. The number of anilines is 1. The molecule has 0 bridgehead atoms. The Morgan fingerprint density at radius 3 is 2.79 bits per heavy atom. The number of carbonyl (C=O) groups is 1. The number of carboxylic acid groups (broad SMARTS) is 1. The lowest BCUT2D eigenvalue weighted by molar-refractivity contribution is 0.0690. The number of piperazine rings is 1. The van der Waals surface area contributed by atoms with Crippen molar-refractivity contribution in [2.75, 3.05) is 24.5 Å². The maximum Gasteiger partial charge on any atom is 0.357 e. The van der Waals surface area contributed by atoms with E-state index >= 15 is 0 Å². The molecule has 0 aliphatic carbocycles. The number of carboxylic acids is 1. The van der Waals surface area contributed by atoms with Crippen molar-refractivity contribution in [2.45, 2.75) is 32.4 Å². The third-order valence-electron chi connectivity index (χ3n) is 4.44. The molecule has 1 aromatic heterocycles. The van der Waals surface area contributed by atoms with Crippen molar-refractivity contribution in [1.82, 2.24) is 9.88 Å². The Kier molecular flexibility index (Phi) is 5.15. The fourth-order valence-corrected chi connectivity index (χ4v) is 3.21. The van der Waals surface area contributed by atoms with E-state index in [2.05, 4.69) is 41.1 Å². The molecule has 24 heavy (non-hydrogen) atoms.